The molecule has 0 fully saturated rings. The van der Waals surface area contributed by atoms with E-state index in [1.165, 1.54) is 5.56 Å². The highest BCUT2D eigenvalue weighted by atomic mass is 16.5. The van der Waals surface area contributed by atoms with E-state index in [1.54, 1.807) is 0 Å². The highest BCUT2D eigenvalue weighted by Gasteiger charge is 2.10. The van der Waals surface area contributed by atoms with Crippen molar-refractivity contribution in [2.24, 2.45) is 0 Å². The molecule has 0 spiro atoms. The van der Waals surface area contributed by atoms with E-state index in [1.807, 2.05) is 49.4 Å². The molecule has 0 saturated carbocycles. The van der Waals surface area contributed by atoms with Gasteiger partial charge in [0.1, 0.15) is 11.4 Å². The largest absolute Gasteiger partial charge is 0.491 e. The molecule has 0 radical (unpaired) electrons. The molecule has 1 atom stereocenters. The molecule has 0 aliphatic rings. The molecule has 0 aliphatic heterocycles. The van der Waals surface area contributed by atoms with Crippen molar-refractivity contribution < 1.29 is 9.53 Å². The molecule has 2 N–H and O–H groups in total. The van der Waals surface area contributed by atoms with Crippen molar-refractivity contribution in [2.75, 3.05) is 6.54 Å². The second-order valence-electron chi connectivity index (χ2n) is 7.75. The standard InChI is InChI=1S/C25H30N4O3/c1-3-18(2)32-21-13-11-20(12-14-21)24-27-25(31)22(28-29-24)15-16-23(30)26-17-7-10-19-8-5-4-6-9-19/h4-6,8-9,11-14,18H,3,7,10,15-17H2,1-2H3,(H,26,30)(H,27,29,31). The Labute approximate surface area is 188 Å². The van der Waals surface area contributed by atoms with Crippen LogP contribution in [0.5, 0.6) is 5.75 Å². The lowest BCUT2D eigenvalue weighted by molar-refractivity contribution is -0.121. The molecule has 0 saturated heterocycles. The molecule has 1 unspecified atom stereocenters. The summed E-state index contributed by atoms with van der Waals surface area (Å²) in [6, 6.07) is 17.5. The van der Waals surface area contributed by atoms with Gasteiger partial charge < -0.3 is 15.0 Å². The number of nitrogens with one attached hydrogen (secondary N) is 2. The Kier molecular flexibility index (Phi) is 8.54. The van der Waals surface area contributed by atoms with Gasteiger partial charge in [-0.1, -0.05) is 37.3 Å². The lowest BCUT2D eigenvalue weighted by Crippen LogP contribution is -2.26. The zero-order valence-electron chi connectivity index (χ0n) is 18.6. The molecule has 3 rings (SSSR count). The summed E-state index contributed by atoms with van der Waals surface area (Å²) in [5.74, 6) is 1.06. The van der Waals surface area contributed by atoms with Gasteiger partial charge in [0.05, 0.1) is 6.10 Å². The highest BCUT2D eigenvalue weighted by molar-refractivity contribution is 5.76. The third-order valence-electron chi connectivity index (χ3n) is 5.20. The molecular formula is C25H30N4O3. The summed E-state index contributed by atoms with van der Waals surface area (Å²) in [6.45, 7) is 4.68. The van der Waals surface area contributed by atoms with Crippen LogP contribution < -0.4 is 15.6 Å². The summed E-state index contributed by atoms with van der Waals surface area (Å²) in [5.41, 5.74) is 1.92. The number of nitrogens with zero attached hydrogens (tertiary/aromatic N) is 2. The van der Waals surface area contributed by atoms with Crippen LogP contribution in [0.2, 0.25) is 0 Å². The number of aromatic nitrogens is 3. The molecule has 3 aromatic rings. The quantitative estimate of drug-likeness (QED) is 0.449. The Balaban J connectivity index is 1.46. The zero-order chi connectivity index (χ0) is 22.8. The molecule has 168 valence electrons. The first-order chi connectivity index (χ1) is 15.5. The molecule has 7 nitrogen and oxygen atoms in total. The fourth-order valence-electron chi connectivity index (χ4n) is 3.15. The summed E-state index contributed by atoms with van der Waals surface area (Å²) >= 11 is 0. The monoisotopic (exact) mass is 434 g/mol. The van der Waals surface area contributed by atoms with E-state index in [4.69, 9.17) is 4.74 Å². The van der Waals surface area contributed by atoms with Gasteiger partial charge in [0.2, 0.25) is 5.91 Å². The molecule has 0 bridgehead atoms. The number of hydrogen-bond acceptors (Lipinski definition) is 5. The van der Waals surface area contributed by atoms with E-state index >= 15 is 0 Å². The van der Waals surface area contributed by atoms with E-state index in [2.05, 4.69) is 39.6 Å². The van der Waals surface area contributed by atoms with Crippen molar-refractivity contribution in [3.8, 4) is 17.1 Å². The second-order valence-corrected chi connectivity index (χ2v) is 7.75. The van der Waals surface area contributed by atoms with Gasteiger partial charge in [-0.2, -0.15) is 0 Å². The van der Waals surface area contributed by atoms with Crippen molar-refractivity contribution >= 4 is 5.91 Å². The first-order valence-corrected chi connectivity index (χ1v) is 11.1. The normalized spacial score (nSPS) is 11.7. The minimum Gasteiger partial charge on any atom is -0.491 e. The Bertz CT molecular complexity index is 1050. The SMILES string of the molecule is CCC(C)Oc1ccc(-c2nnc(CCC(=O)NCCCc3ccccc3)c(=O)[nH]2)cc1. The highest BCUT2D eigenvalue weighted by Crippen LogP contribution is 2.19. The maximum atomic E-state index is 12.4. The fraction of sp³-hybridized carbons (Fsp3) is 0.360. The van der Waals surface area contributed by atoms with Gasteiger partial charge in [0.15, 0.2) is 5.82 Å². The lowest BCUT2D eigenvalue weighted by Gasteiger charge is -2.12. The average Bonchev–Trinajstić information content (AvgIpc) is 2.82. The lowest BCUT2D eigenvalue weighted by atomic mass is 10.1. The zero-order valence-corrected chi connectivity index (χ0v) is 18.6. The predicted octanol–water partition coefficient (Wildman–Crippen LogP) is 3.69. The number of amides is 1. The Morgan fingerprint density at radius 1 is 1.06 bits per heavy atom. The number of H-pyrrole nitrogens is 1. The van der Waals surface area contributed by atoms with Crippen LogP contribution in [0.15, 0.2) is 59.4 Å². The van der Waals surface area contributed by atoms with Crippen molar-refractivity contribution in [3.63, 3.8) is 0 Å². The van der Waals surface area contributed by atoms with E-state index in [-0.39, 0.29) is 36.1 Å². The number of carbonyl (C=O) groups excluding carboxylic acids is 1. The summed E-state index contributed by atoms with van der Waals surface area (Å²) in [5, 5.41) is 11.1. The van der Waals surface area contributed by atoms with Crippen LogP contribution in [0.4, 0.5) is 0 Å². The van der Waals surface area contributed by atoms with E-state index < -0.39 is 0 Å². The van der Waals surface area contributed by atoms with Crippen molar-refractivity contribution in [3.05, 3.63) is 76.2 Å². The van der Waals surface area contributed by atoms with E-state index in [0.29, 0.717) is 12.4 Å². The molecule has 1 heterocycles. The fourth-order valence-corrected chi connectivity index (χ4v) is 3.15. The molecular weight excluding hydrogens is 404 g/mol. The first-order valence-electron chi connectivity index (χ1n) is 11.1. The van der Waals surface area contributed by atoms with Gasteiger partial charge >= 0.3 is 0 Å². The summed E-state index contributed by atoms with van der Waals surface area (Å²) < 4.78 is 5.76. The van der Waals surface area contributed by atoms with Gasteiger partial charge in [-0.05, 0) is 56.0 Å². The van der Waals surface area contributed by atoms with Gasteiger partial charge in [0, 0.05) is 24.9 Å². The Morgan fingerprint density at radius 2 is 1.81 bits per heavy atom. The summed E-state index contributed by atoms with van der Waals surface area (Å²) in [6.07, 6.45) is 3.29. The van der Waals surface area contributed by atoms with Crippen LogP contribution in [0.25, 0.3) is 11.4 Å². The Hall–Kier alpha value is -3.48. The van der Waals surface area contributed by atoms with Crippen molar-refractivity contribution in [2.45, 2.75) is 52.1 Å². The van der Waals surface area contributed by atoms with Gasteiger partial charge in [-0.25, -0.2) is 0 Å². The van der Waals surface area contributed by atoms with Crippen LogP contribution in [0.1, 0.15) is 44.4 Å². The Morgan fingerprint density at radius 3 is 2.50 bits per heavy atom. The van der Waals surface area contributed by atoms with Gasteiger partial charge in [-0.15, -0.1) is 10.2 Å². The van der Waals surface area contributed by atoms with Crippen LogP contribution in [-0.2, 0) is 17.6 Å². The number of rotatable bonds is 11. The summed E-state index contributed by atoms with van der Waals surface area (Å²) in [4.78, 5) is 27.2. The van der Waals surface area contributed by atoms with Crippen LogP contribution in [-0.4, -0.2) is 33.7 Å². The maximum absolute atomic E-state index is 12.4. The minimum atomic E-state index is -0.327. The number of benzene rings is 2. The van der Waals surface area contributed by atoms with Crippen LogP contribution in [0, 0.1) is 0 Å². The number of carbonyl (C=O) groups is 1. The molecule has 0 aliphatic carbocycles. The van der Waals surface area contributed by atoms with Gasteiger partial charge in [0.25, 0.3) is 5.56 Å². The molecule has 1 amide bonds. The average molecular weight is 435 g/mol. The smallest absolute Gasteiger partial charge is 0.273 e. The number of aryl methyl sites for hydroxylation is 2. The molecule has 7 heteroatoms. The van der Waals surface area contributed by atoms with E-state index in [9.17, 15) is 9.59 Å². The first kappa shape index (κ1) is 23.2. The third kappa shape index (κ3) is 7.04. The molecule has 1 aromatic heterocycles. The molecule has 32 heavy (non-hydrogen) atoms. The topological polar surface area (TPSA) is 97.0 Å². The van der Waals surface area contributed by atoms with E-state index in [0.717, 1.165) is 30.6 Å². The third-order valence-corrected chi connectivity index (χ3v) is 5.20. The number of ether oxygens (including phenoxy) is 1. The maximum Gasteiger partial charge on any atom is 0.273 e. The number of hydrogen-bond donors (Lipinski definition) is 2. The molecule has 2 aromatic carbocycles. The number of aromatic amines is 1. The van der Waals surface area contributed by atoms with Gasteiger partial charge in [-0.3, -0.25) is 9.59 Å². The second kappa shape index (κ2) is 11.8. The van der Waals surface area contributed by atoms with Crippen molar-refractivity contribution in [1.82, 2.24) is 20.5 Å². The van der Waals surface area contributed by atoms with Crippen LogP contribution >= 0.6 is 0 Å². The summed E-state index contributed by atoms with van der Waals surface area (Å²) in [7, 11) is 0. The van der Waals surface area contributed by atoms with Crippen LogP contribution in [0.3, 0.4) is 0 Å². The van der Waals surface area contributed by atoms with Crippen molar-refractivity contribution in [1.29, 1.82) is 0 Å². The minimum absolute atomic E-state index is 0.0970. The predicted molar refractivity (Wildman–Crippen MR) is 125 cm³/mol.